The minimum atomic E-state index is -0.515. The number of aliphatic hydroxyl groups is 1. The smallest absolute Gasteiger partial charge is 0.142 e. The first kappa shape index (κ1) is 16.6. The van der Waals surface area contributed by atoms with Crippen LogP contribution in [-0.2, 0) is 0 Å². The summed E-state index contributed by atoms with van der Waals surface area (Å²) in [5.74, 6) is 1.53. The summed E-state index contributed by atoms with van der Waals surface area (Å²) < 4.78 is 7.12. The van der Waals surface area contributed by atoms with Crippen LogP contribution in [0.5, 0.6) is 5.75 Å². The SMILES string of the molecule is CCCCCCCC(O)c1nccn1-c1ccc(OC)cc1. The van der Waals surface area contributed by atoms with Crippen LogP contribution in [-0.4, -0.2) is 21.8 Å². The fourth-order valence-electron chi connectivity index (χ4n) is 2.59. The Morgan fingerprint density at radius 3 is 2.55 bits per heavy atom. The van der Waals surface area contributed by atoms with Crippen molar-refractivity contribution in [3.05, 3.63) is 42.5 Å². The van der Waals surface area contributed by atoms with Crippen LogP contribution in [0.1, 0.15) is 57.4 Å². The maximum Gasteiger partial charge on any atom is 0.142 e. The fraction of sp³-hybridized carbons (Fsp3) is 0.500. The van der Waals surface area contributed by atoms with Gasteiger partial charge in [0.2, 0.25) is 0 Å². The van der Waals surface area contributed by atoms with Gasteiger partial charge in [-0.05, 0) is 30.7 Å². The van der Waals surface area contributed by atoms with E-state index in [1.807, 2.05) is 35.0 Å². The van der Waals surface area contributed by atoms with Gasteiger partial charge in [0, 0.05) is 18.1 Å². The van der Waals surface area contributed by atoms with Crippen LogP contribution in [0.3, 0.4) is 0 Å². The van der Waals surface area contributed by atoms with Crippen molar-refractivity contribution in [2.24, 2.45) is 0 Å². The molecule has 0 amide bonds. The topological polar surface area (TPSA) is 47.3 Å². The Bertz CT molecular complexity index is 548. The monoisotopic (exact) mass is 302 g/mol. The number of hydrogen-bond acceptors (Lipinski definition) is 3. The number of imidazole rings is 1. The lowest BCUT2D eigenvalue weighted by atomic mass is 10.1. The Hall–Kier alpha value is -1.81. The minimum absolute atomic E-state index is 0.515. The van der Waals surface area contributed by atoms with Gasteiger partial charge in [0.05, 0.1) is 7.11 Å². The zero-order valence-electron chi connectivity index (χ0n) is 13.5. The summed E-state index contributed by atoms with van der Waals surface area (Å²) in [4.78, 5) is 4.33. The van der Waals surface area contributed by atoms with Crippen LogP contribution in [0.2, 0.25) is 0 Å². The highest BCUT2D eigenvalue weighted by molar-refractivity contribution is 5.38. The van der Waals surface area contributed by atoms with E-state index in [1.165, 1.54) is 25.7 Å². The van der Waals surface area contributed by atoms with Gasteiger partial charge in [-0.1, -0.05) is 39.0 Å². The Morgan fingerprint density at radius 1 is 1.14 bits per heavy atom. The lowest BCUT2D eigenvalue weighted by Gasteiger charge is -2.13. The Morgan fingerprint density at radius 2 is 1.86 bits per heavy atom. The van der Waals surface area contributed by atoms with E-state index in [0.29, 0.717) is 5.82 Å². The Balaban J connectivity index is 1.98. The summed E-state index contributed by atoms with van der Waals surface area (Å²) in [7, 11) is 1.65. The van der Waals surface area contributed by atoms with Crippen LogP contribution in [0.4, 0.5) is 0 Å². The van der Waals surface area contributed by atoms with Crippen LogP contribution in [0.25, 0.3) is 5.69 Å². The van der Waals surface area contributed by atoms with Gasteiger partial charge in [0.25, 0.3) is 0 Å². The van der Waals surface area contributed by atoms with Gasteiger partial charge in [-0.3, -0.25) is 0 Å². The normalized spacial score (nSPS) is 12.3. The third-order valence-corrected chi connectivity index (χ3v) is 3.90. The van der Waals surface area contributed by atoms with Crippen molar-refractivity contribution in [3.8, 4) is 11.4 Å². The molecule has 1 aromatic carbocycles. The minimum Gasteiger partial charge on any atom is -0.497 e. The number of unbranched alkanes of at least 4 members (excludes halogenated alkanes) is 4. The number of methoxy groups -OCH3 is 1. The lowest BCUT2D eigenvalue weighted by molar-refractivity contribution is 0.152. The lowest BCUT2D eigenvalue weighted by Crippen LogP contribution is -2.07. The van der Waals surface area contributed by atoms with Crippen molar-refractivity contribution >= 4 is 0 Å². The number of aromatic nitrogens is 2. The first-order valence-electron chi connectivity index (χ1n) is 8.12. The van der Waals surface area contributed by atoms with Gasteiger partial charge in [0.15, 0.2) is 0 Å². The first-order chi connectivity index (χ1) is 10.8. The van der Waals surface area contributed by atoms with Crippen molar-refractivity contribution in [1.29, 1.82) is 0 Å². The molecule has 0 bridgehead atoms. The van der Waals surface area contributed by atoms with Crippen LogP contribution >= 0.6 is 0 Å². The molecule has 4 heteroatoms. The summed E-state index contributed by atoms with van der Waals surface area (Å²) in [5, 5.41) is 10.4. The number of ether oxygens (including phenoxy) is 1. The maximum absolute atomic E-state index is 10.4. The fourth-order valence-corrected chi connectivity index (χ4v) is 2.59. The van der Waals surface area contributed by atoms with Crippen molar-refractivity contribution in [2.75, 3.05) is 7.11 Å². The molecular formula is C18H26N2O2. The molecule has 1 N–H and O–H groups in total. The van der Waals surface area contributed by atoms with Gasteiger partial charge in [-0.2, -0.15) is 0 Å². The van der Waals surface area contributed by atoms with E-state index >= 15 is 0 Å². The summed E-state index contributed by atoms with van der Waals surface area (Å²) in [6, 6.07) is 7.77. The largest absolute Gasteiger partial charge is 0.497 e. The number of rotatable bonds is 9. The molecule has 120 valence electrons. The predicted molar refractivity (Wildman–Crippen MR) is 88.5 cm³/mol. The van der Waals surface area contributed by atoms with E-state index in [-0.39, 0.29) is 0 Å². The van der Waals surface area contributed by atoms with Crippen molar-refractivity contribution in [2.45, 2.75) is 51.6 Å². The predicted octanol–water partition coefficient (Wildman–Crippen LogP) is 4.27. The van der Waals surface area contributed by atoms with Crippen LogP contribution in [0, 0.1) is 0 Å². The number of aliphatic hydroxyl groups excluding tert-OH is 1. The molecule has 4 nitrogen and oxygen atoms in total. The van der Waals surface area contributed by atoms with Gasteiger partial charge < -0.3 is 14.4 Å². The van der Waals surface area contributed by atoms with Gasteiger partial charge >= 0.3 is 0 Å². The van der Waals surface area contributed by atoms with E-state index in [0.717, 1.165) is 24.3 Å². The number of benzene rings is 1. The molecule has 0 aliphatic heterocycles. The van der Waals surface area contributed by atoms with Crippen LogP contribution in [0.15, 0.2) is 36.7 Å². The molecule has 1 unspecified atom stereocenters. The molecule has 1 aromatic heterocycles. The third-order valence-electron chi connectivity index (χ3n) is 3.90. The molecule has 2 rings (SSSR count). The molecule has 2 aromatic rings. The maximum atomic E-state index is 10.4. The molecule has 22 heavy (non-hydrogen) atoms. The van der Waals surface area contributed by atoms with Crippen molar-refractivity contribution < 1.29 is 9.84 Å². The zero-order valence-corrected chi connectivity index (χ0v) is 13.5. The molecule has 1 atom stereocenters. The highest BCUT2D eigenvalue weighted by Gasteiger charge is 2.14. The zero-order chi connectivity index (χ0) is 15.8. The van der Waals surface area contributed by atoms with E-state index in [4.69, 9.17) is 4.74 Å². The van der Waals surface area contributed by atoms with Gasteiger partial charge in [-0.25, -0.2) is 4.98 Å². The Labute approximate surface area is 132 Å². The van der Waals surface area contributed by atoms with Gasteiger partial charge in [-0.15, -0.1) is 0 Å². The summed E-state index contributed by atoms with van der Waals surface area (Å²) in [5.41, 5.74) is 0.985. The molecule has 0 saturated carbocycles. The molecule has 0 saturated heterocycles. The van der Waals surface area contributed by atoms with Crippen molar-refractivity contribution in [3.63, 3.8) is 0 Å². The second-order valence-electron chi connectivity index (χ2n) is 5.57. The highest BCUT2D eigenvalue weighted by atomic mass is 16.5. The first-order valence-corrected chi connectivity index (χ1v) is 8.12. The van der Waals surface area contributed by atoms with E-state index in [2.05, 4.69) is 11.9 Å². The quantitative estimate of drug-likeness (QED) is 0.703. The molecular weight excluding hydrogens is 276 g/mol. The van der Waals surface area contributed by atoms with Crippen LogP contribution < -0.4 is 4.74 Å². The molecule has 0 radical (unpaired) electrons. The molecule has 0 aliphatic carbocycles. The average Bonchev–Trinajstić information content (AvgIpc) is 3.04. The summed E-state index contributed by atoms with van der Waals surface area (Å²) in [6.07, 6.45) is 9.84. The van der Waals surface area contributed by atoms with E-state index in [1.54, 1.807) is 13.3 Å². The summed E-state index contributed by atoms with van der Waals surface area (Å²) in [6.45, 7) is 2.21. The molecule has 1 heterocycles. The van der Waals surface area contributed by atoms with E-state index < -0.39 is 6.10 Å². The second-order valence-corrected chi connectivity index (χ2v) is 5.57. The van der Waals surface area contributed by atoms with Crippen molar-refractivity contribution in [1.82, 2.24) is 9.55 Å². The number of nitrogens with zero attached hydrogens (tertiary/aromatic N) is 2. The third kappa shape index (κ3) is 4.34. The molecule has 0 spiro atoms. The standard InChI is InChI=1S/C18H26N2O2/c1-3-4-5-6-7-8-17(21)18-19-13-14-20(18)15-9-11-16(22-2)12-10-15/h9-14,17,21H,3-8H2,1-2H3. The Kier molecular flexibility index (Phi) is 6.46. The highest BCUT2D eigenvalue weighted by Crippen LogP contribution is 2.23. The number of hydrogen-bond donors (Lipinski definition) is 1. The summed E-state index contributed by atoms with van der Waals surface area (Å²) >= 11 is 0. The average molecular weight is 302 g/mol. The molecule has 0 aliphatic rings. The van der Waals surface area contributed by atoms with E-state index in [9.17, 15) is 5.11 Å². The molecule has 0 fully saturated rings. The second kappa shape index (κ2) is 8.59. The van der Waals surface area contributed by atoms with Gasteiger partial charge in [0.1, 0.15) is 17.7 Å².